The van der Waals surface area contributed by atoms with E-state index in [0.717, 1.165) is 25.9 Å². The average molecular weight is 398 g/mol. The van der Waals surface area contributed by atoms with E-state index in [-0.39, 0.29) is 29.6 Å². The first kappa shape index (κ1) is 21.3. The molecule has 1 aromatic rings. The third-order valence-electron chi connectivity index (χ3n) is 3.71. The molecule has 0 bridgehead atoms. The van der Waals surface area contributed by atoms with Crippen LogP contribution in [0.5, 0.6) is 0 Å². The van der Waals surface area contributed by atoms with Crippen LogP contribution in [0.15, 0.2) is 35.2 Å². The number of sulfonamides is 2. The molecule has 1 saturated heterocycles. The first-order valence-corrected chi connectivity index (χ1v) is 10.8. The van der Waals surface area contributed by atoms with E-state index in [1.165, 1.54) is 12.1 Å². The normalized spacial score (nSPS) is 18.8. The molecule has 0 spiro atoms. The van der Waals surface area contributed by atoms with E-state index in [1.54, 1.807) is 18.2 Å². The maximum atomic E-state index is 12.0. The van der Waals surface area contributed by atoms with Gasteiger partial charge in [0.05, 0.1) is 10.6 Å². The lowest BCUT2D eigenvalue weighted by molar-refractivity contribution is 0.376. The summed E-state index contributed by atoms with van der Waals surface area (Å²) in [6, 6.07) is 7.87. The molecule has 10 heteroatoms. The highest BCUT2D eigenvalue weighted by Gasteiger charge is 2.18. The Morgan fingerprint density at radius 3 is 2.42 bits per heavy atom. The van der Waals surface area contributed by atoms with Gasteiger partial charge < -0.3 is 5.32 Å². The Morgan fingerprint density at radius 1 is 1.08 bits per heavy atom. The average Bonchev–Trinajstić information content (AvgIpc) is 2.54. The van der Waals surface area contributed by atoms with Crippen LogP contribution in [0.2, 0.25) is 0 Å². The number of hydrogen-bond acceptors (Lipinski definition) is 5. The summed E-state index contributed by atoms with van der Waals surface area (Å²) in [5, 5.41) is 3.23. The number of halogens is 1. The summed E-state index contributed by atoms with van der Waals surface area (Å²) in [6.07, 6.45) is 2.04. The van der Waals surface area contributed by atoms with E-state index in [4.69, 9.17) is 0 Å². The highest BCUT2D eigenvalue weighted by atomic mass is 35.5. The number of rotatable bonds is 8. The van der Waals surface area contributed by atoms with E-state index >= 15 is 0 Å². The molecule has 2 rings (SSSR count). The van der Waals surface area contributed by atoms with Gasteiger partial charge in [-0.3, -0.25) is 0 Å². The third-order valence-corrected chi connectivity index (χ3v) is 6.53. The van der Waals surface area contributed by atoms with Crippen LogP contribution >= 0.6 is 12.4 Å². The molecular formula is C14H24ClN3O4S2. The molecule has 1 heterocycles. The Bertz CT molecular complexity index is 690. The lowest BCUT2D eigenvalue weighted by Crippen LogP contribution is -2.40. The number of hydrogen-bond donors (Lipinski definition) is 3. The van der Waals surface area contributed by atoms with Gasteiger partial charge in [-0.2, -0.15) is 0 Å². The fraction of sp³-hybridized carbons (Fsp3) is 0.571. The van der Waals surface area contributed by atoms with E-state index in [9.17, 15) is 16.8 Å². The van der Waals surface area contributed by atoms with Crippen molar-refractivity contribution >= 4 is 32.5 Å². The summed E-state index contributed by atoms with van der Waals surface area (Å²) in [5.41, 5.74) is 0. The number of nitrogens with one attached hydrogen (secondary N) is 3. The molecule has 138 valence electrons. The SMILES string of the molecule is Cl.O=S(=O)(CCNS(=O)(=O)c1ccccc1)NCC1CCCNC1. The van der Waals surface area contributed by atoms with Gasteiger partial charge in [-0.05, 0) is 44.0 Å². The molecule has 0 aromatic heterocycles. The fourth-order valence-corrected chi connectivity index (χ4v) is 4.60. The fourth-order valence-electron chi connectivity index (χ4n) is 2.41. The largest absolute Gasteiger partial charge is 0.316 e. The standard InChI is InChI=1S/C14H23N3O4S2.ClH/c18-22(19,17-12-13-5-4-8-15-11-13)10-9-16-23(20,21)14-6-2-1-3-7-14;/h1-3,6-7,13,15-17H,4-5,8-12H2;1H. The van der Waals surface area contributed by atoms with Gasteiger partial charge in [0.25, 0.3) is 0 Å². The second-order valence-electron chi connectivity index (χ2n) is 5.59. The molecule has 1 aliphatic rings. The predicted molar refractivity (Wildman–Crippen MR) is 96.3 cm³/mol. The van der Waals surface area contributed by atoms with Crippen LogP contribution in [0.25, 0.3) is 0 Å². The maximum Gasteiger partial charge on any atom is 0.240 e. The zero-order valence-corrected chi connectivity index (χ0v) is 15.7. The Labute approximate surface area is 150 Å². The lowest BCUT2D eigenvalue weighted by atomic mass is 10.0. The Hall–Kier alpha value is -0.710. The number of benzene rings is 1. The van der Waals surface area contributed by atoms with Crippen molar-refractivity contribution in [2.45, 2.75) is 17.7 Å². The third kappa shape index (κ3) is 7.04. The molecule has 0 saturated carbocycles. The maximum absolute atomic E-state index is 12.0. The van der Waals surface area contributed by atoms with Crippen LogP contribution in [0.3, 0.4) is 0 Å². The van der Waals surface area contributed by atoms with Gasteiger partial charge in [0.15, 0.2) is 0 Å². The highest BCUT2D eigenvalue weighted by molar-refractivity contribution is 7.90. The minimum atomic E-state index is -3.67. The summed E-state index contributed by atoms with van der Waals surface area (Å²) >= 11 is 0. The summed E-state index contributed by atoms with van der Waals surface area (Å²) in [4.78, 5) is 0.124. The topological polar surface area (TPSA) is 104 Å². The molecule has 1 unspecified atom stereocenters. The molecule has 0 radical (unpaired) electrons. The Kier molecular flexibility index (Phi) is 8.61. The van der Waals surface area contributed by atoms with Crippen molar-refractivity contribution in [2.24, 2.45) is 5.92 Å². The van der Waals surface area contributed by atoms with Gasteiger partial charge >= 0.3 is 0 Å². The first-order chi connectivity index (χ1) is 10.9. The van der Waals surface area contributed by atoms with E-state index < -0.39 is 20.0 Å². The summed E-state index contributed by atoms with van der Waals surface area (Å²) in [5.74, 6) is 0.0127. The molecule has 1 aliphatic heterocycles. The zero-order chi connectivity index (χ0) is 16.8. The molecule has 1 aromatic carbocycles. The van der Waals surface area contributed by atoms with Crippen LogP contribution in [-0.4, -0.2) is 48.8 Å². The van der Waals surface area contributed by atoms with Crippen LogP contribution < -0.4 is 14.8 Å². The minimum Gasteiger partial charge on any atom is -0.316 e. The second-order valence-corrected chi connectivity index (χ2v) is 9.28. The second kappa shape index (κ2) is 9.69. The van der Waals surface area contributed by atoms with E-state index in [1.807, 2.05) is 0 Å². The van der Waals surface area contributed by atoms with Crippen molar-refractivity contribution in [3.63, 3.8) is 0 Å². The van der Waals surface area contributed by atoms with Gasteiger partial charge in [-0.1, -0.05) is 18.2 Å². The number of piperidine rings is 1. The van der Waals surface area contributed by atoms with E-state index in [2.05, 4.69) is 14.8 Å². The Morgan fingerprint density at radius 2 is 1.79 bits per heavy atom. The van der Waals surface area contributed by atoms with Gasteiger partial charge in [0.2, 0.25) is 20.0 Å². The monoisotopic (exact) mass is 397 g/mol. The zero-order valence-electron chi connectivity index (χ0n) is 13.3. The van der Waals surface area contributed by atoms with Crippen molar-refractivity contribution in [2.75, 3.05) is 31.9 Å². The van der Waals surface area contributed by atoms with Crippen LogP contribution in [0, 0.1) is 5.92 Å². The van der Waals surface area contributed by atoms with Crippen molar-refractivity contribution < 1.29 is 16.8 Å². The Balaban J connectivity index is 0.00000288. The molecular weight excluding hydrogens is 374 g/mol. The summed E-state index contributed by atoms with van der Waals surface area (Å²) in [6.45, 7) is 2.02. The van der Waals surface area contributed by atoms with Gasteiger partial charge in [-0.15, -0.1) is 12.4 Å². The summed E-state index contributed by atoms with van der Waals surface area (Å²) in [7, 11) is -7.16. The summed E-state index contributed by atoms with van der Waals surface area (Å²) < 4.78 is 52.7. The van der Waals surface area contributed by atoms with Gasteiger partial charge in [0, 0.05) is 13.1 Å². The molecule has 1 fully saturated rings. The van der Waals surface area contributed by atoms with Crippen LogP contribution in [-0.2, 0) is 20.0 Å². The minimum absolute atomic E-state index is 0. The molecule has 3 N–H and O–H groups in total. The van der Waals surface area contributed by atoms with Crippen molar-refractivity contribution in [1.29, 1.82) is 0 Å². The molecule has 1 atom stereocenters. The molecule has 7 nitrogen and oxygen atoms in total. The van der Waals surface area contributed by atoms with E-state index in [0.29, 0.717) is 12.5 Å². The van der Waals surface area contributed by atoms with Gasteiger partial charge in [-0.25, -0.2) is 26.3 Å². The van der Waals surface area contributed by atoms with Crippen molar-refractivity contribution in [1.82, 2.24) is 14.8 Å². The van der Waals surface area contributed by atoms with Crippen LogP contribution in [0.1, 0.15) is 12.8 Å². The molecule has 0 aliphatic carbocycles. The highest BCUT2D eigenvalue weighted by Crippen LogP contribution is 2.09. The quantitative estimate of drug-likeness (QED) is 0.585. The molecule has 0 amide bonds. The molecule has 24 heavy (non-hydrogen) atoms. The van der Waals surface area contributed by atoms with Crippen LogP contribution in [0.4, 0.5) is 0 Å². The van der Waals surface area contributed by atoms with Gasteiger partial charge in [0.1, 0.15) is 0 Å². The van der Waals surface area contributed by atoms with Crippen molar-refractivity contribution in [3.8, 4) is 0 Å². The smallest absolute Gasteiger partial charge is 0.240 e. The predicted octanol–water partition coefficient (Wildman–Crippen LogP) is 0.306. The first-order valence-electron chi connectivity index (χ1n) is 7.62. The van der Waals surface area contributed by atoms with Crippen molar-refractivity contribution in [3.05, 3.63) is 30.3 Å². The lowest BCUT2D eigenvalue weighted by Gasteiger charge is -2.22.